The monoisotopic (exact) mass is 295 g/mol. The van der Waals surface area contributed by atoms with Gasteiger partial charge in [0, 0.05) is 9.79 Å². The van der Waals surface area contributed by atoms with Gasteiger partial charge < -0.3 is 10.5 Å². The average Bonchev–Trinajstić information content (AvgIpc) is 2.37. The third kappa shape index (κ3) is 3.63. The summed E-state index contributed by atoms with van der Waals surface area (Å²) in [6, 6.07) is 9.15. The zero-order chi connectivity index (χ0) is 14.7. The Labute approximate surface area is 120 Å². The van der Waals surface area contributed by atoms with E-state index >= 15 is 0 Å². The molecule has 2 rings (SSSR count). The summed E-state index contributed by atoms with van der Waals surface area (Å²) in [5, 5.41) is 0. The van der Waals surface area contributed by atoms with Crippen LogP contribution < -0.4 is 10.5 Å². The maximum Gasteiger partial charge on any atom is 0.159 e. The first kappa shape index (κ1) is 14.7. The molecule has 0 saturated heterocycles. The first-order valence-electron chi connectivity index (χ1n) is 6.15. The molecule has 0 heterocycles. The molecular formula is C15H15F2NOS. The van der Waals surface area contributed by atoms with Gasteiger partial charge in [0.1, 0.15) is 5.75 Å². The Morgan fingerprint density at radius 2 is 1.65 bits per heavy atom. The van der Waals surface area contributed by atoms with Gasteiger partial charge in [0.05, 0.1) is 11.8 Å². The van der Waals surface area contributed by atoms with Gasteiger partial charge in [-0.25, -0.2) is 8.78 Å². The molecule has 0 aliphatic heterocycles. The van der Waals surface area contributed by atoms with Crippen LogP contribution in [0.1, 0.15) is 13.8 Å². The van der Waals surface area contributed by atoms with E-state index in [0.29, 0.717) is 16.3 Å². The van der Waals surface area contributed by atoms with Crippen molar-refractivity contribution in [2.75, 3.05) is 5.73 Å². The summed E-state index contributed by atoms with van der Waals surface area (Å²) in [6.07, 6.45) is 0.0146. The first-order chi connectivity index (χ1) is 9.45. The lowest BCUT2D eigenvalue weighted by atomic mass is 10.3. The molecule has 0 aliphatic rings. The van der Waals surface area contributed by atoms with Crippen LogP contribution in [0.3, 0.4) is 0 Å². The number of nitrogens with two attached hydrogens (primary N) is 1. The number of hydrogen-bond acceptors (Lipinski definition) is 3. The minimum atomic E-state index is -0.857. The van der Waals surface area contributed by atoms with Gasteiger partial charge in [0.15, 0.2) is 11.6 Å². The molecule has 0 bridgehead atoms. The Hall–Kier alpha value is -1.75. The van der Waals surface area contributed by atoms with E-state index in [-0.39, 0.29) is 6.10 Å². The fourth-order valence-corrected chi connectivity index (χ4v) is 2.48. The first-order valence-corrected chi connectivity index (χ1v) is 6.96. The highest BCUT2D eigenvalue weighted by Gasteiger charge is 2.08. The highest BCUT2D eigenvalue weighted by atomic mass is 32.2. The van der Waals surface area contributed by atoms with E-state index in [0.717, 1.165) is 11.0 Å². The number of nitrogen functional groups attached to an aromatic ring is 1. The number of rotatable bonds is 4. The van der Waals surface area contributed by atoms with E-state index in [9.17, 15) is 8.78 Å². The zero-order valence-electron chi connectivity index (χ0n) is 11.2. The van der Waals surface area contributed by atoms with Crippen molar-refractivity contribution >= 4 is 17.4 Å². The van der Waals surface area contributed by atoms with Crippen LogP contribution in [0.4, 0.5) is 14.5 Å². The van der Waals surface area contributed by atoms with E-state index in [4.69, 9.17) is 10.5 Å². The van der Waals surface area contributed by atoms with Crippen molar-refractivity contribution in [1.82, 2.24) is 0 Å². The number of hydrogen-bond donors (Lipinski definition) is 1. The van der Waals surface area contributed by atoms with Gasteiger partial charge in [-0.3, -0.25) is 0 Å². The average molecular weight is 295 g/mol. The van der Waals surface area contributed by atoms with Gasteiger partial charge in [-0.15, -0.1) is 0 Å². The van der Waals surface area contributed by atoms with Crippen molar-refractivity contribution in [3.63, 3.8) is 0 Å². The normalized spacial score (nSPS) is 10.8. The smallest absolute Gasteiger partial charge is 0.159 e. The Morgan fingerprint density at radius 1 is 1.00 bits per heavy atom. The van der Waals surface area contributed by atoms with E-state index < -0.39 is 11.6 Å². The van der Waals surface area contributed by atoms with E-state index in [1.54, 1.807) is 12.1 Å². The predicted molar refractivity (Wildman–Crippen MR) is 77.1 cm³/mol. The highest BCUT2D eigenvalue weighted by molar-refractivity contribution is 7.99. The number of anilines is 1. The largest absolute Gasteiger partial charge is 0.489 e. The maximum absolute atomic E-state index is 13.2. The molecule has 0 unspecified atom stereocenters. The molecule has 0 radical (unpaired) electrons. The molecule has 0 atom stereocenters. The standard InChI is InChI=1S/C15H15F2NOS/c1-9(2)19-15-8-11(4-6-14(15)18)20-10-3-5-12(16)13(17)7-10/h3-9H,18H2,1-2H3. The van der Waals surface area contributed by atoms with Crippen LogP contribution in [-0.2, 0) is 0 Å². The third-order valence-electron chi connectivity index (χ3n) is 2.47. The van der Waals surface area contributed by atoms with Crippen molar-refractivity contribution in [3.05, 3.63) is 48.0 Å². The fourth-order valence-electron chi connectivity index (χ4n) is 1.61. The van der Waals surface area contributed by atoms with Crippen LogP contribution in [0.15, 0.2) is 46.2 Å². The second-order valence-corrected chi connectivity index (χ2v) is 5.69. The summed E-state index contributed by atoms with van der Waals surface area (Å²) >= 11 is 1.32. The minimum absolute atomic E-state index is 0.0146. The van der Waals surface area contributed by atoms with Crippen molar-refractivity contribution in [1.29, 1.82) is 0 Å². The van der Waals surface area contributed by atoms with E-state index in [2.05, 4.69) is 0 Å². The lowest BCUT2D eigenvalue weighted by molar-refractivity contribution is 0.243. The van der Waals surface area contributed by atoms with Crippen molar-refractivity contribution in [2.24, 2.45) is 0 Å². The van der Waals surface area contributed by atoms with Gasteiger partial charge in [-0.2, -0.15) is 0 Å². The quantitative estimate of drug-likeness (QED) is 0.844. The van der Waals surface area contributed by atoms with Gasteiger partial charge in [0.25, 0.3) is 0 Å². The van der Waals surface area contributed by atoms with Gasteiger partial charge >= 0.3 is 0 Å². The third-order valence-corrected chi connectivity index (χ3v) is 3.45. The summed E-state index contributed by atoms with van der Waals surface area (Å²) in [7, 11) is 0. The Balaban J connectivity index is 2.22. The molecule has 106 valence electrons. The predicted octanol–water partition coefficient (Wildman–Crippen LogP) is 4.49. The lowest BCUT2D eigenvalue weighted by Gasteiger charge is -2.13. The molecule has 0 aromatic heterocycles. The molecular weight excluding hydrogens is 280 g/mol. The van der Waals surface area contributed by atoms with E-state index in [1.165, 1.54) is 23.9 Å². The number of ether oxygens (including phenoxy) is 1. The number of halogens is 2. The summed E-state index contributed by atoms with van der Waals surface area (Å²) in [4.78, 5) is 1.46. The molecule has 0 saturated carbocycles. The van der Waals surface area contributed by atoms with Crippen LogP contribution in [0.5, 0.6) is 5.75 Å². The fraction of sp³-hybridized carbons (Fsp3) is 0.200. The lowest BCUT2D eigenvalue weighted by Crippen LogP contribution is -2.07. The summed E-state index contributed by atoms with van der Waals surface area (Å²) in [5.41, 5.74) is 6.38. The summed E-state index contributed by atoms with van der Waals surface area (Å²) in [6.45, 7) is 3.82. The van der Waals surface area contributed by atoms with Crippen LogP contribution in [0, 0.1) is 11.6 Å². The van der Waals surface area contributed by atoms with Crippen LogP contribution in [0.2, 0.25) is 0 Å². The molecule has 0 fully saturated rings. The molecule has 0 spiro atoms. The topological polar surface area (TPSA) is 35.2 Å². The Morgan fingerprint density at radius 3 is 2.30 bits per heavy atom. The van der Waals surface area contributed by atoms with Crippen molar-refractivity contribution < 1.29 is 13.5 Å². The molecule has 5 heteroatoms. The molecule has 0 aliphatic carbocycles. The van der Waals surface area contributed by atoms with Crippen molar-refractivity contribution in [2.45, 2.75) is 29.7 Å². The molecule has 0 amide bonds. The molecule has 20 heavy (non-hydrogen) atoms. The molecule has 2 nitrogen and oxygen atoms in total. The maximum atomic E-state index is 13.2. The second kappa shape index (κ2) is 6.13. The molecule has 2 aromatic rings. The summed E-state index contributed by atoms with van der Waals surface area (Å²) < 4.78 is 31.6. The molecule has 2 N–H and O–H groups in total. The number of benzene rings is 2. The second-order valence-electron chi connectivity index (χ2n) is 4.54. The van der Waals surface area contributed by atoms with Gasteiger partial charge in [-0.1, -0.05) is 11.8 Å². The van der Waals surface area contributed by atoms with Crippen LogP contribution in [-0.4, -0.2) is 6.10 Å². The molecule has 2 aromatic carbocycles. The Bertz CT molecular complexity index is 617. The highest BCUT2D eigenvalue weighted by Crippen LogP contribution is 2.33. The minimum Gasteiger partial charge on any atom is -0.489 e. The van der Waals surface area contributed by atoms with Crippen LogP contribution in [0.25, 0.3) is 0 Å². The van der Waals surface area contributed by atoms with Gasteiger partial charge in [-0.05, 0) is 50.2 Å². The van der Waals surface area contributed by atoms with E-state index in [1.807, 2.05) is 19.9 Å². The zero-order valence-corrected chi connectivity index (χ0v) is 12.0. The van der Waals surface area contributed by atoms with Crippen LogP contribution >= 0.6 is 11.8 Å². The summed E-state index contributed by atoms with van der Waals surface area (Å²) in [5.74, 6) is -1.12. The van der Waals surface area contributed by atoms with Gasteiger partial charge in [0.2, 0.25) is 0 Å². The SMILES string of the molecule is CC(C)Oc1cc(Sc2ccc(F)c(F)c2)ccc1N. The van der Waals surface area contributed by atoms with Crippen molar-refractivity contribution in [3.8, 4) is 5.75 Å². The Kier molecular flexibility index (Phi) is 4.49.